The number of phenolic OH excluding ortho intramolecular Hbond substituents is 1. The van der Waals surface area contributed by atoms with Gasteiger partial charge in [0, 0.05) is 35.3 Å². The standard InChI is InChI=1S/C38H37ClN4O6S/c1-6-13-42-34(45)22-10-9-21-24(31(22)36(42)47)16-25-35(46)43(37(48)38(25,3)32(21)19-7-11-27(44)28(14-19)49-5)30-17-26(40-41(30)4)33-18(2)23-15-20(39)8-12-29(23)50-33/h7-9,11-12,14-15,17,22,24-25,31-32,44H,6,10,13,16H2,1-5H3. The molecule has 4 aromatic rings. The Morgan fingerprint density at radius 3 is 2.58 bits per heavy atom. The minimum atomic E-state index is -1.24. The van der Waals surface area contributed by atoms with E-state index in [0.717, 1.165) is 26.1 Å². The highest BCUT2D eigenvalue weighted by atomic mass is 35.5. The van der Waals surface area contributed by atoms with Crippen LogP contribution in [-0.2, 0) is 26.2 Å². The molecular formula is C38H37ClN4O6S. The molecule has 8 rings (SSSR count). The van der Waals surface area contributed by atoms with Gasteiger partial charge in [0.25, 0.3) is 0 Å². The van der Waals surface area contributed by atoms with Crippen LogP contribution < -0.4 is 9.64 Å². The largest absolute Gasteiger partial charge is 0.504 e. The Balaban J connectivity index is 1.25. The Bertz CT molecular complexity index is 2190. The number of likely N-dealkylation sites (tertiary alicyclic amines) is 1. The van der Waals surface area contributed by atoms with E-state index in [2.05, 4.69) is 0 Å². The molecule has 258 valence electrons. The zero-order valence-electron chi connectivity index (χ0n) is 28.4. The van der Waals surface area contributed by atoms with Gasteiger partial charge in [0.1, 0.15) is 11.5 Å². The summed E-state index contributed by atoms with van der Waals surface area (Å²) in [4.78, 5) is 60.7. The molecule has 0 bridgehead atoms. The number of benzene rings is 2. The smallest absolute Gasteiger partial charge is 0.242 e. The molecular weight excluding hydrogens is 676 g/mol. The third kappa shape index (κ3) is 4.41. The number of nitrogens with zero attached hydrogens (tertiary/aromatic N) is 4. The van der Waals surface area contributed by atoms with E-state index in [4.69, 9.17) is 21.4 Å². The van der Waals surface area contributed by atoms with Crippen LogP contribution in [0, 0.1) is 36.0 Å². The summed E-state index contributed by atoms with van der Waals surface area (Å²) in [6, 6.07) is 12.5. The van der Waals surface area contributed by atoms with Gasteiger partial charge in [-0.15, -0.1) is 11.3 Å². The van der Waals surface area contributed by atoms with Crippen molar-refractivity contribution in [2.45, 2.75) is 46.0 Å². The third-order valence-corrected chi connectivity index (χ3v) is 13.1. The molecule has 1 saturated carbocycles. The van der Waals surface area contributed by atoms with Gasteiger partial charge >= 0.3 is 0 Å². The van der Waals surface area contributed by atoms with Gasteiger partial charge in [0.2, 0.25) is 23.6 Å². The van der Waals surface area contributed by atoms with Crippen LogP contribution in [0.4, 0.5) is 5.82 Å². The van der Waals surface area contributed by atoms with Crippen molar-refractivity contribution in [1.29, 1.82) is 0 Å². The second-order valence-corrected chi connectivity index (χ2v) is 15.6. The number of rotatable bonds is 6. The van der Waals surface area contributed by atoms with Crippen LogP contribution >= 0.6 is 22.9 Å². The number of anilines is 1. The highest BCUT2D eigenvalue weighted by molar-refractivity contribution is 7.22. The maximum absolute atomic E-state index is 15.0. The van der Waals surface area contributed by atoms with Crippen LogP contribution in [0.3, 0.4) is 0 Å². The van der Waals surface area contributed by atoms with E-state index >= 15 is 0 Å². The molecule has 3 fully saturated rings. The molecule has 4 heterocycles. The monoisotopic (exact) mass is 712 g/mol. The molecule has 2 aromatic carbocycles. The van der Waals surface area contributed by atoms with Gasteiger partial charge in [-0.05, 0) is 85.9 Å². The van der Waals surface area contributed by atoms with Gasteiger partial charge < -0.3 is 9.84 Å². The molecule has 1 N–H and O–H groups in total. The number of phenols is 1. The molecule has 6 atom stereocenters. The van der Waals surface area contributed by atoms with Crippen LogP contribution in [0.15, 0.2) is 54.1 Å². The van der Waals surface area contributed by atoms with Gasteiger partial charge in [0.15, 0.2) is 11.5 Å². The summed E-state index contributed by atoms with van der Waals surface area (Å²) in [6.07, 6.45) is 3.32. The summed E-state index contributed by atoms with van der Waals surface area (Å²) >= 11 is 7.87. The van der Waals surface area contributed by atoms with E-state index < -0.39 is 35.0 Å². The average molecular weight is 713 g/mol. The van der Waals surface area contributed by atoms with E-state index in [1.165, 1.54) is 23.0 Å². The van der Waals surface area contributed by atoms with E-state index in [9.17, 15) is 24.3 Å². The van der Waals surface area contributed by atoms with Crippen LogP contribution in [0.25, 0.3) is 20.7 Å². The first-order valence-corrected chi connectivity index (χ1v) is 18.1. The maximum Gasteiger partial charge on any atom is 0.242 e. The van der Waals surface area contributed by atoms with E-state index in [0.29, 0.717) is 41.5 Å². The van der Waals surface area contributed by atoms with E-state index in [-0.39, 0.29) is 41.5 Å². The molecule has 6 unspecified atom stereocenters. The summed E-state index contributed by atoms with van der Waals surface area (Å²) in [5.74, 6) is -3.44. The Labute approximate surface area is 298 Å². The fourth-order valence-corrected chi connectivity index (χ4v) is 10.5. The first-order chi connectivity index (χ1) is 23.9. The SMILES string of the molecule is CCCN1C(=O)C2CC=C3C(CC4C(=O)N(c5cc(-c6sc7ccc(Cl)cc7c6C)nn5C)C(=O)C4(C)C3c3ccc(O)c(OC)c3)C2C1=O. The van der Waals surface area contributed by atoms with Crippen LogP contribution in [0.2, 0.25) is 5.02 Å². The Kier molecular flexibility index (Phi) is 7.54. The van der Waals surface area contributed by atoms with Crippen molar-refractivity contribution >= 4 is 62.5 Å². The molecule has 4 amide bonds. The van der Waals surface area contributed by atoms with Crippen molar-refractivity contribution < 1.29 is 29.0 Å². The fourth-order valence-electron chi connectivity index (χ4n) is 9.21. The van der Waals surface area contributed by atoms with Crippen LogP contribution in [0.1, 0.15) is 50.2 Å². The van der Waals surface area contributed by atoms with Crippen molar-refractivity contribution in [3.05, 3.63) is 70.3 Å². The first-order valence-electron chi connectivity index (χ1n) is 16.9. The molecule has 4 aliphatic rings. The molecule has 10 nitrogen and oxygen atoms in total. The average Bonchev–Trinajstić information content (AvgIpc) is 3.76. The summed E-state index contributed by atoms with van der Waals surface area (Å²) in [5.41, 5.74) is 1.99. The zero-order chi connectivity index (χ0) is 35.4. The predicted molar refractivity (Wildman–Crippen MR) is 190 cm³/mol. The van der Waals surface area contributed by atoms with Crippen molar-refractivity contribution in [1.82, 2.24) is 14.7 Å². The summed E-state index contributed by atoms with van der Waals surface area (Å²) in [7, 11) is 3.19. The highest BCUT2D eigenvalue weighted by Crippen LogP contribution is 2.64. The molecule has 2 aliphatic carbocycles. The highest BCUT2D eigenvalue weighted by Gasteiger charge is 2.68. The molecule has 0 radical (unpaired) electrons. The summed E-state index contributed by atoms with van der Waals surface area (Å²) < 4.78 is 8.11. The number of methoxy groups -OCH3 is 1. The number of aryl methyl sites for hydroxylation is 2. The molecule has 2 aromatic heterocycles. The number of ether oxygens (including phenoxy) is 1. The van der Waals surface area contributed by atoms with Crippen molar-refractivity contribution in [3.8, 4) is 22.1 Å². The number of amides is 4. The fraction of sp³-hybridized carbons (Fsp3) is 0.395. The lowest BCUT2D eigenvalue weighted by molar-refractivity contribution is -0.140. The normalized spacial score (nSPS) is 27.6. The number of carbonyl (C=O) groups is 4. The molecule has 12 heteroatoms. The van der Waals surface area contributed by atoms with Crippen molar-refractivity contribution in [2.24, 2.45) is 36.1 Å². The third-order valence-electron chi connectivity index (χ3n) is 11.6. The second-order valence-electron chi connectivity index (χ2n) is 14.1. The quantitative estimate of drug-likeness (QED) is 0.176. The van der Waals surface area contributed by atoms with Gasteiger partial charge in [-0.25, -0.2) is 4.90 Å². The van der Waals surface area contributed by atoms with Crippen LogP contribution in [0.5, 0.6) is 11.5 Å². The number of carbonyl (C=O) groups excluding carboxylic acids is 4. The number of hydrogen-bond donors (Lipinski definition) is 1. The van der Waals surface area contributed by atoms with Crippen molar-refractivity contribution in [2.75, 3.05) is 18.6 Å². The number of aromatic hydroxyl groups is 1. The van der Waals surface area contributed by atoms with Gasteiger partial charge in [-0.1, -0.05) is 36.2 Å². The minimum Gasteiger partial charge on any atom is -0.504 e. The minimum absolute atomic E-state index is 0.0496. The molecule has 0 spiro atoms. The van der Waals surface area contributed by atoms with Crippen molar-refractivity contribution in [3.63, 3.8) is 0 Å². The molecule has 2 aliphatic heterocycles. The lowest BCUT2D eigenvalue weighted by atomic mass is 9.51. The van der Waals surface area contributed by atoms with Crippen LogP contribution in [-0.4, -0.2) is 57.1 Å². The number of allylic oxidation sites excluding steroid dienone is 2. The predicted octanol–water partition coefficient (Wildman–Crippen LogP) is 6.62. The number of hydrogen-bond acceptors (Lipinski definition) is 8. The van der Waals surface area contributed by atoms with E-state index in [1.807, 2.05) is 45.0 Å². The maximum atomic E-state index is 15.0. The molecule has 2 saturated heterocycles. The lowest BCUT2D eigenvalue weighted by Crippen LogP contribution is -2.48. The summed E-state index contributed by atoms with van der Waals surface area (Å²) in [5, 5.41) is 17.0. The first kappa shape index (κ1) is 32.7. The number of fused-ring (bicyclic) bond motifs is 5. The Morgan fingerprint density at radius 1 is 1.06 bits per heavy atom. The number of thiophene rings is 1. The second kappa shape index (κ2) is 11.5. The van der Waals surface area contributed by atoms with Gasteiger partial charge in [0.05, 0.1) is 35.2 Å². The van der Waals surface area contributed by atoms with Gasteiger partial charge in [-0.2, -0.15) is 5.10 Å². The van der Waals surface area contributed by atoms with Gasteiger partial charge in [-0.3, -0.25) is 28.8 Å². The number of halogens is 1. The molecule has 50 heavy (non-hydrogen) atoms. The number of imide groups is 2. The Morgan fingerprint density at radius 2 is 1.84 bits per heavy atom. The van der Waals surface area contributed by atoms with E-state index in [1.54, 1.807) is 41.3 Å². The lowest BCUT2D eigenvalue weighted by Gasteiger charge is -2.49. The zero-order valence-corrected chi connectivity index (χ0v) is 30.0. The Hall–Kier alpha value is -4.48. The number of aromatic nitrogens is 2. The topological polar surface area (TPSA) is 122 Å². The summed E-state index contributed by atoms with van der Waals surface area (Å²) in [6.45, 7) is 6.14.